The summed E-state index contributed by atoms with van der Waals surface area (Å²) in [6.07, 6.45) is 12.0. The molecule has 3 aliphatic rings. The summed E-state index contributed by atoms with van der Waals surface area (Å²) in [6, 6.07) is 11.5. The first-order valence-corrected chi connectivity index (χ1v) is 12.5. The smallest absolute Gasteiger partial charge is 0.287 e. The molecule has 2 fully saturated rings. The van der Waals surface area contributed by atoms with Crippen LogP contribution in [-0.4, -0.2) is 59.0 Å². The second-order valence-corrected chi connectivity index (χ2v) is 10.0. The molecule has 184 valence electrons. The number of nitrogens with one attached hydrogen (secondary N) is 1. The lowest BCUT2D eigenvalue weighted by atomic mass is 9.90. The van der Waals surface area contributed by atoms with Gasteiger partial charge in [0.25, 0.3) is 11.8 Å². The summed E-state index contributed by atoms with van der Waals surface area (Å²) in [7, 11) is 0. The van der Waals surface area contributed by atoms with Gasteiger partial charge in [0.1, 0.15) is 0 Å². The number of aromatic nitrogens is 1. The number of hydrogen-bond acceptors (Lipinski definition) is 6. The van der Waals surface area contributed by atoms with Gasteiger partial charge in [-0.1, -0.05) is 18.2 Å². The number of nitrogens with zero attached hydrogens (tertiary/aromatic N) is 4. The van der Waals surface area contributed by atoms with Gasteiger partial charge in [0, 0.05) is 61.9 Å². The molecule has 6 rings (SSSR count). The van der Waals surface area contributed by atoms with E-state index in [2.05, 4.69) is 20.2 Å². The highest BCUT2D eigenvalue weighted by Gasteiger charge is 2.54. The summed E-state index contributed by atoms with van der Waals surface area (Å²) < 4.78 is 5.63. The molecular formula is C28H29N5O3. The molecule has 8 heteroatoms. The zero-order chi connectivity index (χ0) is 24.5. The topological polar surface area (TPSA) is 91.0 Å². The first-order chi connectivity index (χ1) is 17.6. The van der Waals surface area contributed by atoms with Crippen molar-refractivity contribution in [2.45, 2.75) is 25.8 Å². The van der Waals surface area contributed by atoms with Crippen LogP contribution in [0.1, 0.15) is 45.7 Å². The maximum Gasteiger partial charge on any atom is 0.287 e. The van der Waals surface area contributed by atoms with Gasteiger partial charge in [-0.25, -0.2) is 0 Å². The van der Waals surface area contributed by atoms with Gasteiger partial charge in [-0.2, -0.15) is 0 Å². The van der Waals surface area contributed by atoms with Gasteiger partial charge in [-0.05, 0) is 54.4 Å². The highest BCUT2D eigenvalue weighted by atomic mass is 16.3. The average Bonchev–Trinajstić information content (AvgIpc) is 3.39. The third-order valence-electron chi connectivity index (χ3n) is 7.87. The molecule has 2 amide bonds. The van der Waals surface area contributed by atoms with E-state index in [-0.39, 0.29) is 17.2 Å². The van der Waals surface area contributed by atoms with Crippen molar-refractivity contribution in [2.75, 3.05) is 26.2 Å². The molecule has 1 spiro atoms. The number of hydrogen-bond donors (Lipinski definition) is 1. The molecule has 1 saturated carbocycles. The Kier molecular flexibility index (Phi) is 5.79. The maximum atomic E-state index is 13.4. The van der Waals surface area contributed by atoms with Crippen LogP contribution in [0, 0.1) is 11.3 Å². The third-order valence-corrected chi connectivity index (χ3v) is 7.87. The van der Waals surface area contributed by atoms with Crippen molar-refractivity contribution in [3.8, 4) is 0 Å². The van der Waals surface area contributed by atoms with Crippen LogP contribution in [0.15, 0.2) is 70.6 Å². The molecule has 36 heavy (non-hydrogen) atoms. The van der Waals surface area contributed by atoms with E-state index < -0.39 is 0 Å². The fourth-order valence-corrected chi connectivity index (χ4v) is 5.57. The number of pyridine rings is 1. The van der Waals surface area contributed by atoms with E-state index in [0.29, 0.717) is 30.4 Å². The van der Waals surface area contributed by atoms with Crippen LogP contribution in [0.3, 0.4) is 0 Å². The average molecular weight is 484 g/mol. The summed E-state index contributed by atoms with van der Waals surface area (Å²) in [5.41, 5.74) is 2.67. The maximum absolute atomic E-state index is 13.4. The minimum absolute atomic E-state index is 0.111. The van der Waals surface area contributed by atoms with Crippen LogP contribution >= 0.6 is 0 Å². The fourth-order valence-electron chi connectivity index (χ4n) is 5.57. The minimum Gasteiger partial charge on any atom is -0.449 e. The molecule has 2 aliphatic heterocycles. The van der Waals surface area contributed by atoms with Crippen molar-refractivity contribution in [1.29, 1.82) is 0 Å². The molecule has 8 nitrogen and oxygen atoms in total. The number of carbonyl (C=O) groups excluding carboxylic acids is 2. The van der Waals surface area contributed by atoms with E-state index in [9.17, 15) is 9.59 Å². The lowest BCUT2D eigenvalue weighted by Gasteiger charge is -2.34. The van der Waals surface area contributed by atoms with E-state index in [0.717, 1.165) is 55.4 Å². The van der Waals surface area contributed by atoms with Crippen molar-refractivity contribution in [1.82, 2.24) is 20.1 Å². The van der Waals surface area contributed by atoms with Crippen molar-refractivity contribution in [2.24, 2.45) is 16.3 Å². The van der Waals surface area contributed by atoms with Crippen molar-refractivity contribution in [3.63, 3.8) is 0 Å². The monoisotopic (exact) mass is 483 g/mol. The molecule has 4 heterocycles. The molecule has 1 aliphatic carbocycles. The Bertz CT molecular complexity index is 1320. The molecule has 1 aromatic carbocycles. The van der Waals surface area contributed by atoms with Crippen LogP contribution in [0.5, 0.6) is 0 Å². The number of aliphatic imine (C=N–C) groups is 1. The second kappa shape index (κ2) is 9.26. The minimum atomic E-state index is -0.188. The van der Waals surface area contributed by atoms with Gasteiger partial charge in [0.15, 0.2) is 11.3 Å². The Morgan fingerprint density at radius 2 is 2.03 bits per heavy atom. The van der Waals surface area contributed by atoms with Crippen LogP contribution in [0.2, 0.25) is 0 Å². The van der Waals surface area contributed by atoms with Gasteiger partial charge in [0.2, 0.25) is 0 Å². The van der Waals surface area contributed by atoms with Crippen LogP contribution in [0.4, 0.5) is 0 Å². The molecule has 2 aromatic heterocycles. The molecule has 1 saturated heterocycles. The standard InChI is InChI=1S/C28H29N5O3/c34-26(24-15-20-5-8-30-18-25(20)36-24)31-17-22-16-28(22)6-11-33(12-7-28)27(35)23-4-2-1-3-21(23)19-32-13-9-29-10-14-32/h1-5,8-10,13,15,18,22H,6-7,11-12,14,16-17,19H2,(H,31,34). The third kappa shape index (κ3) is 4.39. The Morgan fingerprint density at radius 3 is 2.83 bits per heavy atom. The molecule has 0 radical (unpaired) electrons. The van der Waals surface area contributed by atoms with Gasteiger partial charge in [-0.3, -0.25) is 19.6 Å². The molecular weight excluding hydrogens is 454 g/mol. The lowest BCUT2D eigenvalue weighted by molar-refractivity contribution is 0.0667. The van der Waals surface area contributed by atoms with E-state index in [1.54, 1.807) is 24.7 Å². The SMILES string of the molecule is O=C(NCC1CC12CCN(C(=O)c1ccccc1CN1C=CN=CC1)CC2)c1cc2ccncc2o1. The molecule has 1 unspecified atom stereocenters. The normalized spacial score (nSPS) is 20.2. The van der Waals surface area contributed by atoms with Gasteiger partial charge in [-0.15, -0.1) is 0 Å². The summed E-state index contributed by atoms with van der Waals surface area (Å²) in [5.74, 6) is 0.691. The number of amides is 2. The second-order valence-electron chi connectivity index (χ2n) is 10.0. The van der Waals surface area contributed by atoms with E-state index >= 15 is 0 Å². The van der Waals surface area contributed by atoms with E-state index in [1.807, 2.05) is 47.6 Å². The summed E-state index contributed by atoms with van der Waals surface area (Å²) >= 11 is 0. The summed E-state index contributed by atoms with van der Waals surface area (Å²) in [4.78, 5) is 38.3. The Hall–Kier alpha value is -3.94. The van der Waals surface area contributed by atoms with Crippen LogP contribution in [0.25, 0.3) is 11.0 Å². The number of furan rings is 1. The fraction of sp³-hybridized carbons (Fsp3) is 0.357. The Labute approximate surface area is 209 Å². The quantitative estimate of drug-likeness (QED) is 0.575. The summed E-state index contributed by atoms with van der Waals surface area (Å²) in [5, 5.41) is 3.92. The van der Waals surface area contributed by atoms with E-state index in [4.69, 9.17) is 4.42 Å². The zero-order valence-electron chi connectivity index (χ0n) is 20.1. The predicted octanol–water partition coefficient (Wildman–Crippen LogP) is 3.86. The number of benzene rings is 1. The van der Waals surface area contributed by atoms with E-state index in [1.165, 1.54) is 0 Å². The number of carbonyl (C=O) groups is 2. The number of likely N-dealkylation sites (tertiary alicyclic amines) is 1. The molecule has 3 aromatic rings. The molecule has 1 atom stereocenters. The van der Waals surface area contributed by atoms with Gasteiger partial charge >= 0.3 is 0 Å². The van der Waals surface area contributed by atoms with Gasteiger partial charge in [0.05, 0.1) is 12.7 Å². The highest BCUT2D eigenvalue weighted by molar-refractivity contribution is 5.96. The Morgan fingerprint density at radius 1 is 1.17 bits per heavy atom. The first kappa shape index (κ1) is 22.5. The predicted molar refractivity (Wildman–Crippen MR) is 137 cm³/mol. The number of fused-ring (bicyclic) bond motifs is 1. The number of rotatable bonds is 6. The van der Waals surface area contributed by atoms with Crippen LogP contribution in [-0.2, 0) is 6.54 Å². The molecule has 1 N–H and O–H groups in total. The molecule has 0 bridgehead atoms. The summed E-state index contributed by atoms with van der Waals surface area (Å²) in [6.45, 7) is 3.58. The van der Waals surface area contributed by atoms with Crippen molar-refractivity contribution >= 4 is 29.0 Å². The Balaban J connectivity index is 1.02. The van der Waals surface area contributed by atoms with Crippen molar-refractivity contribution < 1.29 is 14.0 Å². The zero-order valence-corrected chi connectivity index (χ0v) is 20.1. The lowest BCUT2D eigenvalue weighted by Crippen LogP contribution is -2.40. The van der Waals surface area contributed by atoms with Gasteiger partial charge < -0.3 is 19.5 Å². The van der Waals surface area contributed by atoms with Crippen molar-refractivity contribution in [3.05, 3.63) is 78.1 Å². The largest absolute Gasteiger partial charge is 0.449 e. The number of piperidine rings is 1. The van der Waals surface area contributed by atoms with Crippen LogP contribution < -0.4 is 5.32 Å². The highest BCUT2D eigenvalue weighted by Crippen LogP contribution is 2.59. The first-order valence-electron chi connectivity index (χ1n) is 12.5.